The van der Waals surface area contributed by atoms with Crippen LogP contribution in [0, 0.1) is 0 Å². The zero-order valence-electron chi connectivity index (χ0n) is 13.0. The molecule has 0 aliphatic carbocycles. The van der Waals surface area contributed by atoms with Gasteiger partial charge in [-0.3, -0.25) is 14.5 Å². The highest BCUT2D eigenvalue weighted by atomic mass is 16.1. The molecule has 1 amide bonds. The number of carbonyl (C=O) groups is 1. The summed E-state index contributed by atoms with van der Waals surface area (Å²) in [5.74, 6) is -0.173. The second kappa shape index (κ2) is 7.82. The summed E-state index contributed by atoms with van der Waals surface area (Å²) >= 11 is 0. The topological polar surface area (TPSA) is 72.7 Å². The molecule has 1 N–H and O–H groups in total. The van der Waals surface area contributed by atoms with Crippen molar-refractivity contribution in [1.29, 1.82) is 0 Å². The maximum absolute atomic E-state index is 12.3. The van der Waals surface area contributed by atoms with Crippen molar-refractivity contribution in [1.82, 2.24) is 25.1 Å². The van der Waals surface area contributed by atoms with Crippen LogP contribution in [0.2, 0.25) is 0 Å². The predicted molar refractivity (Wildman–Crippen MR) is 90.6 cm³/mol. The zero-order valence-corrected chi connectivity index (χ0v) is 13.0. The van der Waals surface area contributed by atoms with Gasteiger partial charge in [0.25, 0.3) is 0 Å². The highest BCUT2D eigenvalue weighted by molar-refractivity contribution is 5.91. The van der Waals surface area contributed by atoms with Crippen LogP contribution in [0.15, 0.2) is 73.6 Å². The standard InChI is InChI=1S/C18H17N5O/c24-18(9-8-15-5-4-10-19-11-15)22-17(12-23-14-20-13-21-23)16-6-2-1-3-7-16/h1-11,13-14,17H,12H2,(H,22,24)/b9-8+/t17-/m1/s1. The van der Waals surface area contributed by atoms with Crippen LogP contribution in [0.5, 0.6) is 0 Å². The maximum Gasteiger partial charge on any atom is 0.244 e. The number of rotatable bonds is 6. The van der Waals surface area contributed by atoms with E-state index in [1.807, 2.05) is 42.5 Å². The molecule has 0 aliphatic rings. The maximum atomic E-state index is 12.3. The Bertz CT molecular complexity index is 785. The van der Waals surface area contributed by atoms with Gasteiger partial charge in [0.1, 0.15) is 12.7 Å². The molecule has 0 spiro atoms. The van der Waals surface area contributed by atoms with Crippen LogP contribution in [0.4, 0.5) is 0 Å². The summed E-state index contributed by atoms with van der Waals surface area (Å²) in [6, 6.07) is 13.3. The molecule has 2 heterocycles. The summed E-state index contributed by atoms with van der Waals surface area (Å²) in [6.07, 6.45) is 9.75. The Hall–Kier alpha value is -3.28. The summed E-state index contributed by atoms with van der Waals surface area (Å²) in [6.45, 7) is 0.510. The Labute approximate surface area is 139 Å². The van der Waals surface area contributed by atoms with Crippen molar-refractivity contribution in [2.24, 2.45) is 0 Å². The van der Waals surface area contributed by atoms with Crippen LogP contribution in [-0.4, -0.2) is 25.7 Å². The summed E-state index contributed by atoms with van der Waals surface area (Å²) in [7, 11) is 0. The fourth-order valence-electron chi connectivity index (χ4n) is 2.30. The lowest BCUT2D eigenvalue weighted by molar-refractivity contribution is -0.117. The minimum Gasteiger partial charge on any atom is -0.344 e. The molecule has 24 heavy (non-hydrogen) atoms. The van der Waals surface area contributed by atoms with E-state index < -0.39 is 0 Å². The second-order valence-electron chi connectivity index (χ2n) is 5.21. The number of hydrogen-bond donors (Lipinski definition) is 1. The van der Waals surface area contributed by atoms with Crippen molar-refractivity contribution in [3.63, 3.8) is 0 Å². The molecule has 6 nitrogen and oxygen atoms in total. The van der Waals surface area contributed by atoms with Crippen molar-refractivity contribution in [3.8, 4) is 0 Å². The SMILES string of the molecule is O=C(/C=C/c1cccnc1)N[C@H](Cn1cncn1)c1ccccc1. The third kappa shape index (κ3) is 4.36. The Morgan fingerprint density at radius 3 is 2.75 bits per heavy atom. The first kappa shape index (κ1) is 15.6. The average Bonchev–Trinajstić information content (AvgIpc) is 3.14. The first-order chi connectivity index (χ1) is 11.8. The van der Waals surface area contributed by atoms with E-state index in [2.05, 4.69) is 20.4 Å². The monoisotopic (exact) mass is 319 g/mol. The average molecular weight is 319 g/mol. The van der Waals surface area contributed by atoms with Crippen molar-refractivity contribution in [2.45, 2.75) is 12.6 Å². The molecular formula is C18H17N5O. The van der Waals surface area contributed by atoms with Gasteiger partial charge in [0, 0.05) is 18.5 Å². The normalized spacial score (nSPS) is 12.2. The highest BCUT2D eigenvalue weighted by Crippen LogP contribution is 2.14. The number of nitrogens with zero attached hydrogens (tertiary/aromatic N) is 4. The quantitative estimate of drug-likeness (QED) is 0.707. The molecule has 120 valence electrons. The fraction of sp³-hybridized carbons (Fsp3) is 0.111. The van der Waals surface area contributed by atoms with Gasteiger partial charge in [-0.25, -0.2) is 4.98 Å². The molecule has 6 heteroatoms. The van der Waals surface area contributed by atoms with Gasteiger partial charge in [-0.05, 0) is 23.3 Å². The van der Waals surface area contributed by atoms with E-state index in [-0.39, 0.29) is 11.9 Å². The van der Waals surface area contributed by atoms with Gasteiger partial charge >= 0.3 is 0 Å². The largest absolute Gasteiger partial charge is 0.344 e. The van der Waals surface area contributed by atoms with Gasteiger partial charge in [-0.1, -0.05) is 36.4 Å². The molecule has 0 aliphatic heterocycles. The number of hydrogen-bond acceptors (Lipinski definition) is 4. The third-order valence-corrected chi connectivity index (χ3v) is 3.47. The first-order valence-electron chi connectivity index (χ1n) is 7.57. The van der Waals surface area contributed by atoms with E-state index in [9.17, 15) is 4.79 Å². The molecule has 0 bridgehead atoms. The van der Waals surface area contributed by atoms with E-state index >= 15 is 0 Å². The van der Waals surface area contributed by atoms with Gasteiger partial charge in [0.2, 0.25) is 5.91 Å². The lowest BCUT2D eigenvalue weighted by Gasteiger charge is -2.18. The number of nitrogens with one attached hydrogen (secondary N) is 1. The summed E-state index contributed by atoms with van der Waals surface area (Å²) < 4.78 is 1.70. The molecule has 2 aromatic heterocycles. The summed E-state index contributed by atoms with van der Waals surface area (Å²) in [4.78, 5) is 20.2. The van der Waals surface area contributed by atoms with Gasteiger partial charge in [0.05, 0.1) is 12.6 Å². The number of benzene rings is 1. The van der Waals surface area contributed by atoms with Crippen LogP contribution in [0.1, 0.15) is 17.2 Å². The minimum atomic E-state index is -0.195. The van der Waals surface area contributed by atoms with Crippen LogP contribution in [0.25, 0.3) is 6.08 Å². The van der Waals surface area contributed by atoms with E-state index in [0.717, 1.165) is 11.1 Å². The van der Waals surface area contributed by atoms with Gasteiger partial charge < -0.3 is 5.32 Å². The van der Waals surface area contributed by atoms with E-state index in [4.69, 9.17) is 0 Å². The number of carbonyl (C=O) groups excluding carboxylic acids is 1. The lowest BCUT2D eigenvalue weighted by atomic mass is 10.1. The molecule has 0 saturated carbocycles. The van der Waals surface area contributed by atoms with Crippen LogP contribution >= 0.6 is 0 Å². The Kier molecular flexibility index (Phi) is 5.09. The Morgan fingerprint density at radius 1 is 1.17 bits per heavy atom. The fourth-order valence-corrected chi connectivity index (χ4v) is 2.30. The van der Waals surface area contributed by atoms with Crippen LogP contribution < -0.4 is 5.32 Å². The molecule has 0 radical (unpaired) electrons. The van der Waals surface area contributed by atoms with Gasteiger partial charge in [-0.2, -0.15) is 5.10 Å². The minimum absolute atomic E-state index is 0.173. The molecular weight excluding hydrogens is 302 g/mol. The number of pyridine rings is 1. The second-order valence-corrected chi connectivity index (χ2v) is 5.21. The predicted octanol–water partition coefficient (Wildman–Crippen LogP) is 2.24. The first-order valence-corrected chi connectivity index (χ1v) is 7.57. The van der Waals surface area contributed by atoms with Crippen molar-refractivity contribution >= 4 is 12.0 Å². The van der Waals surface area contributed by atoms with E-state index in [1.165, 1.54) is 12.4 Å². The number of amides is 1. The number of aromatic nitrogens is 4. The van der Waals surface area contributed by atoms with Crippen molar-refractivity contribution in [2.75, 3.05) is 0 Å². The zero-order chi connectivity index (χ0) is 16.6. The van der Waals surface area contributed by atoms with E-state index in [0.29, 0.717) is 6.54 Å². The molecule has 1 atom stereocenters. The van der Waals surface area contributed by atoms with Crippen LogP contribution in [-0.2, 0) is 11.3 Å². The van der Waals surface area contributed by atoms with Crippen molar-refractivity contribution in [3.05, 3.63) is 84.7 Å². The summed E-state index contributed by atoms with van der Waals surface area (Å²) in [5, 5.41) is 7.12. The van der Waals surface area contributed by atoms with Crippen molar-refractivity contribution < 1.29 is 4.79 Å². The molecule has 0 fully saturated rings. The molecule has 3 rings (SSSR count). The van der Waals surface area contributed by atoms with Crippen LogP contribution in [0.3, 0.4) is 0 Å². The molecule has 1 aromatic carbocycles. The Balaban J connectivity index is 1.71. The summed E-state index contributed by atoms with van der Waals surface area (Å²) in [5.41, 5.74) is 1.89. The highest BCUT2D eigenvalue weighted by Gasteiger charge is 2.14. The molecule has 0 saturated heterocycles. The molecule has 0 unspecified atom stereocenters. The van der Waals surface area contributed by atoms with Gasteiger partial charge in [0.15, 0.2) is 0 Å². The molecule has 3 aromatic rings. The van der Waals surface area contributed by atoms with E-state index in [1.54, 1.807) is 29.5 Å². The third-order valence-electron chi connectivity index (χ3n) is 3.47. The Morgan fingerprint density at radius 2 is 2.04 bits per heavy atom. The van der Waals surface area contributed by atoms with Gasteiger partial charge in [-0.15, -0.1) is 0 Å². The smallest absolute Gasteiger partial charge is 0.244 e. The lowest BCUT2D eigenvalue weighted by Crippen LogP contribution is -2.30.